The third-order valence-corrected chi connectivity index (χ3v) is 8.14. The second-order valence-electron chi connectivity index (χ2n) is 10.8. The number of carbonyl (C=O) groups excluding carboxylic acids is 2. The van der Waals surface area contributed by atoms with Crippen molar-refractivity contribution in [3.05, 3.63) is 54.6 Å². The summed E-state index contributed by atoms with van der Waals surface area (Å²) in [5.74, 6) is 0.696. The molecule has 3 rings (SSSR count). The molecular formula is C27H39N3O4S. The lowest BCUT2D eigenvalue weighted by molar-refractivity contribution is 0.0485. The standard InChI is InChI=1S/C27H39N3O4S/c1-15-12-16(2)29-25(32)21(15)13-28-24(31)22-14-35-23(18(22)4)17(3)19-8-10-20(11-9-19)30-26(33)34-27(5,6)7/h12,14,17,19-20H,8-11,13H2,1-7H3,(H,28,31)(H,29,32)(H,30,33)/t17?,19-,20-. The van der Waals surface area contributed by atoms with Crippen LogP contribution in [0.3, 0.4) is 0 Å². The first-order chi connectivity index (χ1) is 16.4. The van der Waals surface area contributed by atoms with E-state index in [1.807, 2.05) is 53.0 Å². The number of aryl methyl sites for hydroxylation is 2. The Kier molecular flexibility index (Phi) is 8.46. The van der Waals surface area contributed by atoms with Gasteiger partial charge in [0.1, 0.15) is 5.60 Å². The van der Waals surface area contributed by atoms with Gasteiger partial charge in [0.25, 0.3) is 11.5 Å². The van der Waals surface area contributed by atoms with E-state index >= 15 is 0 Å². The predicted octanol–water partition coefficient (Wildman–Crippen LogP) is 5.48. The number of rotatable bonds is 6. The van der Waals surface area contributed by atoms with Crippen molar-refractivity contribution in [3.63, 3.8) is 0 Å². The minimum Gasteiger partial charge on any atom is -0.444 e. The van der Waals surface area contributed by atoms with Crippen molar-refractivity contribution >= 4 is 23.3 Å². The molecule has 0 aromatic carbocycles. The Morgan fingerprint density at radius 1 is 1.17 bits per heavy atom. The zero-order valence-corrected chi connectivity index (χ0v) is 22.8. The van der Waals surface area contributed by atoms with Gasteiger partial charge in [-0.15, -0.1) is 11.3 Å². The van der Waals surface area contributed by atoms with Crippen LogP contribution in [0.4, 0.5) is 4.79 Å². The minimum atomic E-state index is -0.495. The lowest BCUT2D eigenvalue weighted by atomic mass is 9.77. The molecule has 1 saturated carbocycles. The molecule has 0 spiro atoms. The van der Waals surface area contributed by atoms with Crippen LogP contribution in [-0.4, -0.2) is 28.6 Å². The maximum absolute atomic E-state index is 12.9. The smallest absolute Gasteiger partial charge is 0.407 e. The first kappa shape index (κ1) is 27.0. The van der Waals surface area contributed by atoms with Gasteiger partial charge in [-0.3, -0.25) is 9.59 Å². The Labute approximate surface area is 212 Å². The highest BCUT2D eigenvalue weighted by Gasteiger charge is 2.30. The van der Waals surface area contributed by atoms with Crippen LogP contribution in [-0.2, 0) is 11.3 Å². The van der Waals surface area contributed by atoms with Crippen molar-refractivity contribution in [2.75, 3.05) is 0 Å². The molecule has 2 aromatic rings. The molecule has 2 aromatic heterocycles. The molecule has 1 atom stereocenters. The van der Waals surface area contributed by atoms with E-state index in [1.54, 1.807) is 11.3 Å². The fourth-order valence-corrected chi connectivity index (χ4v) is 6.14. The van der Waals surface area contributed by atoms with Crippen molar-refractivity contribution in [3.8, 4) is 0 Å². The fraction of sp³-hybridized carbons (Fsp3) is 0.593. The van der Waals surface area contributed by atoms with Gasteiger partial charge in [0, 0.05) is 34.1 Å². The van der Waals surface area contributed by atoms with Gasteiger partial charge in [-0.2, -0.15) is 0 Å². The monoisotopic (exact) mass is 501 g/mol. The SMILES string of the molecule is Cc1cc(C)c(CNC(=O)c2csc(C(C)[C@H]3CC[C@H](NC(=O)OC(C)(C)C)CC3)c2C)c(=O)[nH]1. The molecule has 1 unspecified atom stereocenters. The van der Waals surface area contributed by atoms with Gasteiger partial charge in [0.05, 0.1) is 5.56 Å². The number of carbonyl (C=O) groups is 2. The topological polar surface area (TPSA) is 100 Å². The number of thiophene rings is 1. The Morgan fingerprint density at radius 3 is 2.43 bits per heavy atom. The van der Waals surface area contributed by atoms with E-state index in [9.17, 15) is 14.4 Å². The number of nitrogens with one attached hydrogen (secondary N) is 3. The highest BCUT2D eigenvalue weighted by Crippen LogP contribution is 2.40. The van der Waals surface area contributed by atoms with Gasteiger partial charge in [-0.1, -0.05) is 6.92 Å². The number of aromatic nitrogens is 1. The maximum Gasteiger partial charge on any atom is 0.407 e. The molecule has 8 heteroatoms. The van der Waals surface area contributed by atoms with Crippen LogP contribution in [0, 0.1) is 26.7 Å². The number of H-pyrrole nitrogens is 1. The van der Waals surface area contributed by atoms with Crippen LogP contribution in [0.5, 0.6) is 0 Å². The molecule has 192 valence electrons. The van der Waals surface area contributed by atoms with Crippen LogP contribution in [0.15, 0.2) is 16.2 Å². The van der Waals surface area contributed by atoms with Crippen LogP contribution in [0.2, 0.25) is 0 Å². The number of hydrogen-bond donors (Lipinski definition) is 3. The van der Waals surface area contributed by atoms with Crippen molar-refractivity contribution < 1.29 is 14.3 Å². The van der Waals surface area contributed by atoms with Gasteiger partial charge in [0.2, 0.25) is 0 Å². The summed E-state index contributed by atoms with van der Waals surface area (Å²) in [6.07, 6.45) is 3.56. The van der Waals surface area contributed by atoms with E-state index in [4.69, 9.17) is 4.74 Å². The molecule has 1 aliphatic carbocycles. The Bertz CT molecular complexity index is 1120. The molecule has 2 amide bonds. The van der Waals surface area contributed by atoms with E-state index in [0.29, 0.717) is 23.0 Å². The van der Waals surface area contributed by atoms with E-state index in [2.05, 4.69) is 22.5 Å². The van der Waals surface area contributed by atoms with Gasteiger partial charge in [-0.05, 0) is 96.3 Å². The highest BCUT2D eigenvalue weighted by molar-refractivity contribution is 7.10. The molecular weight excluding hydrogens is 462 g/mol. The molecule has 1 fully saturated rings. The van der Waals surface area contributed by atoms with Gasteiger partial charge in [-0.25, -0.2) is 4.79 Å². The Hall–Kier alpha value is -2.61. The van der Waals surface area contributed by atoms with Crippen LogP contribution in [0.1, 0.15) is 96.9 Å². The van der Waals surface area contributed by atoms with E-state index < -0.39 is 5.60 Å². The summed E-state index contributed by atoms with van der Waals surface area (Å²) >= 11 is 1.64. The van der Waals surface area contributed by atoms with Crippen molar-refractivity contribution in [1.29, 1.82) is 0 Å². The van der Waals surface area contributed by atoms with Crippen LogP contribution in [0.25, 0.3) is 0 Å². The summed E-state index contributed by atoms with van der Waals surface area (Å²) < 4.78 is 5.39. The molecule has 35 heavy (non-hydrogen) atoms. The molecule has 0 saturated heterocycles. The molecule has 7 nitrogen and oxygen atoms in total. The first-order valence-electron chi connectivity index (χ1n) is 12.4. The number of aromatic amines is 1. The molecule has 0 aliphatic heterocycles. The van der Waals surface area contributed by atoms with Crippen molar-refractivity contribution in [1.82, 2.24) is 15.6 Å². The average Bonchev–Trinajstić information content (AvgIpc) is 3.12. The lowest BCUT2D eigenvalue weighted by Gasteiger charge is -2.33. The summed E-state index contributed by atoms with van der Waals surface area (Å²) in [5, 5.41) is 7.86. The number of hydrogen-bond acceptors (Lipinski definition) is 5. The third kappa shape index (κ3) is 6.97. The largest absolute Gasteiger partial charge is 0.444 e. The number of alkyl carbamates (subject to hydrolysis) is 1. The molecule has 0 radical (unpaired) electrons. The number of pyridine rings is 1. The first-order valence-corrected chi connectivity index (χ1v) is 13.3. The zero-order valence-electron chi connectivity index (χ0n) is 22.0. The number of ether oxygens (including phenoxy) is 1. The predicted molar refractivity (Wildman–Crippen MR) is 140 cm³/mol. The van der Waals surface area contributed by atoms with Gasteiger partial charge >= 0.3 is 6.09 Å². The Morgan fingerprint density at radius 2 is 1.83 bits per heavy atom. The maximum atomic E-state index is 12.9. The van der Waals surface area contributed by atoms with Crippen LogP contribution < -0.4 is 16.2 Å². The van der Waals surface area contributed by atoms with Crippen molar-refractivity contribution in [2.24, 2.45) is 5.92 Å². The molecule has 2 heterocycles. The molecule has 0 bridgehead atoms. The van der Waals surface area contributed by atoms with E-state index in [0.717, 1.165) is 42.5 Å². The summed E-state index contributed by atoms with van der Waals surface area (Å²) in [6, 6.07) is 2.06. The quantitative estimate of drug-likeness (QED) is 0.488. The fourth-order valence-electron chi connectivity index (χ4n) is 4.92. The van der Waals surface area contributed by atoms with E-state index in [-0.39, 0.29) is 30.1 Å². The van der Waals surface area contributed by atoms with E-state index in [1.165, 1.54) is 4.88 Å². The second-order valence-corrected chi connectivity index (χ2v) is 11.7. The minimum absolute atomic E-state index is 0.146. The summed E-state index contributed by atoms with van der Waals surface area (Å²) in [4.78, 5) is 41.3. The highest BCUT2D eigenvalue weighted by atomic mass is 32.1. The number of amides is 2. The summed E-state index contributed by atoms with van der Waals surface area (Å²) in [5.41, 5.74) is 3.31. The van der Waals surface area contributed by atoms with Crippen LogP contribution >= 0.6 is 11.3 Å². The normalized spacial score (nSPS) is 19.2. The summed E-state index contributed by atoms with van der Waals surface area (Å²) in [7, 11) is 0. The molecule has 1 aliphatic rings. The third-order valence-electron chi connectivity index (χ3n) is 6.85. The zero-order chi connectivity index (χ0) is 25.9. The van der Waals surface area contributed by atoms with Gasteiger partial charge in [0.15, 0.2) is 0 Å². The lowest BCUT2D eigenvalue weighted by Crippen LogP contribution is -2.41. The molecule has 3 N–H and O–H groups in total. The average molecular weight is 502 g/mol. The second kappa shape index (κ2) is 11.0. The summed E-state index contributed by atoms with van der Waals surface area (Å²) in [6.45, 7) is 13.8. The van der Waals surface area contributed by atoms with Gasteiger partial charge < -0.3 is 20.4 Å². The Balaban J connectivity index is 1.57. The van der Waals surface area contributed by atoms with Crippen molar-refractivity contribution in [2.45, 2.75) is 98.3 Å².